The third-order valence-electron chi connectivity index (χ3n) is 2.92. The van der Waals surface area contributed by atoms with Gasteiger partial charge in [0.25, 0.3) is 0 Å². The molecule has 0 heterocycles. The second-order valence-electron chi connectivity index (χ2n) is 4.60. The molecule has 2 rings (SSSR count). The lowest BCUT2D eigenvalue weighted by Gasteiger charge is -2.12. The van der Waals surface area contributed by atoms with Crippen LogP contribution in [0.15, 0.2) is 42.5 Å². The van der Waals surface area contributed by atoms with Crippen LogP contribution in [0.25, 0.3) is 0 Å². The van der Waals surface area contributed by atoms with Gasteiger partial charge in [0, 0.05) is 11.8 Å². The Morgan fingerprint density at radius 3 is 2.43 bits per heavy atom. The maximum atomic E-state index is 13.0. The molecule has 0 bridgehead atoms. The number of nitrogens with two attached hydrogens (primary N) is 1. The first-order valence-corrected chi connectivity index (χ1v) is 6.25. The van der Waals surface area contributed by atoms with Gasteiger partial charge in [-0.3, -0.25) is 4.79 Å². The first-order chi connectivity index (χ1) is 9.95. The molecule has 2 aromatic rings. The van der Waals surface area contributed by atoms with Crippen molar-refractivity contribution in [3.05, 3.63) is 59.7 Å². The molecule has 0 aliphatic heterocycles. The van der Waals surface area contributed by atoms with Gasteiger partial charge in [-0.1, -0.05) is 12.1 Å². The predicted molar refractivity (Wildman–Crippen MR) is 74.8 cm³/mol. The van der Waals surface area contributed by atoms with Gasteiger partial charge in [-0.15, -0.1) is 0 Å². The second-order valence-corrected chi connectivity index (χ2v) is 4.60. The van der Waals surface area contributed by atoms with E-state index in [1.165, 1.54) is 18.2 Å². The van der Waals surface area contributed by atoms with E-state index < -0.39 is 23.6 Å². The van der Waals surface area contributed by atoms with Gasteiger partial charge in [0.15, 0.2) is 11.6 Å². The van der Waals surface area contributed by atoms with Crippen LogP contribution in [0.4, 0.5) is 14.5 Å². The number of hydrogen-bond donors (Lipinski definition) is 3. The number of phenolic OH excluding ortho intramolecular Hbond substituents is 1. The molecule has 1 amide bonds. The van der Waals surface area contributed by atoms with Crippen molar-refractivity contribution < 1.29 is 18.7 Å². The van der Waals surface area contributed by atoms with Crippen LogP contribution in [0, 0.1) is 11.6 Å². The van der Waals surface area contributed by atoms with E-state index in [1.807, 2.05) is 0 Å². The Labute approximate surface area is 120 Å². The summed E-state index contributed by atoms with van der Waals surface area (Å²) in [5.74, 6) is -2.41. The highest BCUT2D eigenvalue weighted by Gasteiger charge is 2.15. The first kappa shape index (κ1) is 14.9. The zero-order valence-electron chi connectivity index (χ0n) is 11.0. The van der Waals surface area contributed by atoms with Crippen LogP contribution in [0.2, 0.25) is 0 Å². The van der Waals surface area contributed by atoms with E-state index in [0.29, 0.717) is 0 Å². The smallest absolute Gasteiger partial charge is 0.241 e. The molecule has 0 spiro atoms. The van der Waals surface area contributed by atoms with Gasteiger partial charge in [-0.25, -0.2) is 8.78 Å². The maximum Gasteiger partial charge on any atom is 0.241 e. The van der Waals surface area contributed by atoms with Crippen LogP contribution in [-0.4, -0.2) is 17.1 Å². The van der Waals surface area contributed by atoms with Crippen LogP contribution < -0.4 is 11.1 Å². The Kier molecular flexibility index (Phi) is 4.49. The molecule has 0 saturated carbocycles. The van der Waals surface area contributed by atoms with E-state index in [1.54, 1.807) is 12.1 Å². The summed E-state index contributed by atoms with van der Waals surface area (Å²) in [6, 6.07) is 8.52. The quantitative estimate of drug-likeness (QED) is 0.808. The summed E-state index contributed by atoms with van der Waals surface area (Å²) >= 11 is 0. The number of phenols is 1. The highest BCUT2D eigenvalue weighted by molar-refractivity contribution is 5.94. The van der Waals surface area contributed by atoms with Crippen molar-refractivity contribution in [2.45, 2.75) is 12.5 Å². The number of carbonyl (C=O) groups is 1. The molecule has 0 unspecified atom stereocenters. The maximum absolute atomic E-state index is 13.0. The molecule has 0 radical (unpaired) electrons. The zero-order chi connectivity index (χ0) is 15.4. The minimum absolute atomic E-state index is 0.124. The molecule has 0 aliphatic rings. The summed E-state index contributed by atoms with van der Waals surface area (Å²) < 4.78 is 25.8. The number of aromatic hydroxyl groups is 1. The molecular weight excluding hydrogens is 278 g/mol. The molecule has 2 aromatic carbocycles. The summed E-state index contributed by atoms with van der Waals surface area (Å²) in [4.78, 5) is 11.9. The molecule has 0 saturated heterocycles. The summed E-state index contributed by atoms with van der Waals surface area (Å²) in [5, 5.41) is 11.6. The number of amides is 1. The average molecular weight is 292 g/mol. The molecule has 6 heteroatoms. The van der Waals surface area contributed by atoms with E-state index in [-0.39, 0.29) is 17.9 Å². The molecule has 0 aromatic heterocycles. The van der Waals surface area contributed by atoms with Gasteiger partial charge in [0.2, 0.25) is 5.91 Å². The SMILES string of the molecule is N[C@@H](Cc1ccc(O)cc1)C(=O)Nc1ccc(F)c(F)c1. The van der Waals surface area contributed by atoms with Crippen LogP contribution in [0.1, 0.15) is 5.56 Å². The molecule has 1 atom stereocenters. The Bertz CT molecular complexity index is 645. The van der Waals surface area contributed by atoms with Crippen LogP contribution in [0.3, 0.4) is 0 Å². The number of hydrogen-bond acceptors (Lipinski definition) is 3. The van der Waals surface area contributed by atoms with Crippen molar-refractivity contribution >= 4 is 11.6 Å². The highest BCUT2D eigenvalue weighted by Crippen LogP contribution is 2.14. The fourth-order valence-electron chi connectivity index (χ4n) is 1.79. The van der Waals surface area contributed by atoms with E-state index in [9.17, 15) is 13.6 Å². The predicted octanol–water partition coefficient (Wildman–Crippen LogP) is 2.18. The zero-order valence-corrected chi connectivity index (χ0v) is 11.0. The molecule has 21 heavy (non-hydrogen) atoms. The number of nitrogens with one attached hydrogen (secondary N) is 1. The molecular formula is C15H14F2N2O2. The number of rotatable bonds is 4. The van der Waals surface area contributed by atoms with Crippen molar-refractivity contribution in [2.75, 3.05) is 5.32 Å². The average Bonchev–Trinajstić information content (AvgIpc) is 2.45. The van der Waals surface area contributed by atoms with Gasteiger partial charge in [0.05, 0.1) is 6.04 Å². The monoisotopic (exact) mass is 292 g/mol. The minimum Gasteiger partial charge on any atom is -0.508 e. The van der Waals surface area contributed by atoms with Gasteiger partial charge in [0.1, 0.15) is 5.75 Å². The van der Waals surface area contributed by atoms with E-state index >= 15 is 0 Å². The number of anilines is 1. The fourth-order valence-corrected chi connectivity index (χ4v) is 1.79. The van der Waals surface area contributed by atoms with Crippen molar-refractivity contribution in [1.29, 1.82) is 0 Å². The van der Waals surface area contributed by atoms with E-state index in [4.69, 9.17) is 10.8 Å². The topological polar surface area (TPSA) is 75.3 Å². The lowest BCUT2D eigenvalue weighted by atomic mass is 10.1. The third kappa shape index (κ3) is 4.00. The summed E-state index contributed by atoms with van der Waals surface area (Å²) in [5.41, 5.74) is 6.68. The Morgan fingerprint density at radius 2 is 1.81 bits per heavy atom. The Balaban J connectivity index is 1.98. The molecule has 4 N–H and O–H groups in total. The fraction of sp³-hybridized carbons (Fsp3) is 0.133. The Hall–Kier alpha value is -2.47. The van der Waals surface area contributed by atoms with Gasteiger partial charge in [-0.2, -0.15) is 0 Å². The molecule has 0 aliphatic carbocycles. The third-order valence-corrected chi connectivity index (χ3v) is 2.92. The normalized spacial score (nSPS) is 12.0. The van der Waals surface area contributed by atoms with Crippen molar-refractivity contribution in [1.82, 2.24) is 0 Å². The summed E-state index contributed by atoms with van der Waals surface area (Å²) in [6.07, 6.45) is 0.260. The minimum atomic E-state index is -1.04. The summed E-state index contributed by atoms with van der Waals surface area (Å²) in [7, 11) is 0. The van der Waals surface area contributed by atoms with Crippen LogP contribution in [-0.2, 0) is 11.2 Å². The lowest BCUT2D eigenvalue weighted by Crippen LogP contribution is -2.37. The lowest BCUT2D eigenvalue weighted by molar-refractivity contribution is -0.117. The van der Waals surface area contributed by atoms with Gasteiger partial charge < -0.3 is 16.2 Å². The highest BCUT2D eigenvalue weighted by atomic mass is 19.2. The summed E-state index contributed by atoms with van der Waals surface area (Å²) in [6.45, 7) is 0. The molecule has 4 nitrogen and oxygen atoms in total. The van der Waals surface area contributed by atoms with Crippen molar-refractivity contribution in [2.24, 2.45) is 5.73 Å². The molecule has 110 valence electrons. The Morgan fingerprint density at radius 1 is 1.14 bits per heavy atom. The van der Waals surface area contributed by atoms with Gasteiger partial charge in [-0.05, 0) is 36.2 Å². The van der Waals surface area contributed by atoms with Crippen LogP contribution in [0.5, 0.6) is 5.75 Å². The van der Waals surface area contributed by atoms with Crippen molar-refractivity contribution in [3.63, 3.8) is 0 Å². The number of halogens is 2. The number of carbonyl (C=O) groups excluding carboxylic acids is 1. The molecule has 0 fully saturated rings. The van der Waals surface area contributed by atoms with Crippen LogP contribution >= 0.6 is 0 Å². The number of benzene rings is 2. The first-order valence-electron chi connectivity index (χ1n) is 6.25. The second kappa shape index (κ2) is 6.32. The van der Waals surface area contributed by atoms with E-state index in [2.05, 4.69) is 5.32 Å². The van der Waals surface area contributed by atoms with Gasteiger partial charge >= 0.3 is 0 Å². The standard InChI is InChI=1S/C15H14F2N2O2/c16-12-6-3-10(8-13(12)17)19-15(21)14(18)7-9-1-4-11(20)5-2-9/h1-6,8,14,20H,7,18H2,(H,19,21)/t14-/m0/s1. The van der Waals surface area contributed by atoms with Crippen molar-refractivity contribution in [3.8, 4) is 5.75 Å². The largest absolute Gasteiger partial charge is 0.508 e. The van der Waals surface area contributed by atoms with E-state index in [0.717, 1.165) is 17.7 Å².